The number of aliphatic hydroxyl groups excluding tert-OH is 3. The Morgan fingerprint density at radius 3 is 2.20 bits per heavy atom. The van der Waals surface area contributed by atoms with E-state index in [1.165, 1.54) is 25.1 Å². The monoisotopic (exact) mass is 918 g/mol. The number of rotatable bonds is 7. The van der Waals surface area contributed by atoms with Gasteiger partial charge >= 0.3 is 0 Å². The van der Waals surface area contributed by atoms with Crippen LogP contribution in [0.4, 0.5) is 0 Å². The van der Waals surface area contributed by atoms with Gasteiger partial charge in [0.2, 0.25) is 53.2 Å². The molecule has 350 valence electrons. The van der Waals surface area contributed by atoms with Crippen LogP contribution in [-0.2, 0) is 60.4 Å². The number of aliphatic hydroxyl groups is 3. The van der Waals surface area contributed by atoms with Gasteiger partial charge in [-0.25, -0.2) is 0 Å². The van der Waals surface area contributed by atoms with E-state index in [-0.39, 0.29) is 27.2 Å². The molecule has 2 aromatic rings. The second-order valence-corrected chi connectivity index (χ2v) is 17.6. The zero-order chi connectivity index (χ0) is 47.2. The molecule has 14 N–H and O–H groups in total. The second kappa shape index (κ2) is 21.0. The fourth-order valence-corrected chi connectivity index (χ4v) is 9.10. The van der Waals surface area contributed by atoms with E-state index in [1.807, 2.05) is 0 Å². The lowest BCUT2D eigenvalue weighted by atomic mass is 9.93. The number of aromatic nitrogens is 1. The third-order valence-electron chi connectivity index (χ3n) is 11.5. The number of amides is 9. The minimum atomic E-state index is -2.38. The molecule has 0 aliphatic carbocycles. The molecule has 1 aromatic heterocycles. The normalized spacial score (nSPS) is 28.5. The van der Waals surface area contributed by atoms with E-state index in [9.17, 15) is 67.8 Å². The number of aromatic hydroxyl groups is 1. The molecular formula is C39H54N10O14S. The molecular weight excluding hydrogens is 865 g/mol. The number of aromatic amines is 1. The van der Waals surface area contributed by atoms with Crippen LogP contribution < -0.4 is 43.0 Å². The van der Waals surface area contributed by atoms with Gasteiger partial charge in [-0.1, -0.05) is 27.2 Å². The highest BCUT2D eigenvalue weighted by Gasteiger charge is 2.45. The van der Waals surface area contributed by atoms with Crippen molar-refractivity contribution in [2.45, 2.75) is 99.9 Å². The number of H-pyrrole nitrogens is 1. The Bertz CT molecular complexity index is 2200. The molecule has 0 saturated carbocycles. The number of primary amides is 1. The van der Waals surface area contributed by atoms with Crippen molar-refractivity contribution in [1.82, 2.24) is 47.1 Å². The van der Waals surface area contributed by atoms with Crippen molar-refractivity contribution >= 4 is 74.9 Å². The highest BCUT2D eigenvalue weighted by molar-refractivity contribution is 7.85. The summed E-state index contributed by atoms with van der Waals surface area (Å²) in [5.74, 6) is -12.1. The van der Waals surface area contributed by atoms with Crippen molar-refractivity contribution in [1.29, 1.82) is 0 Å². The van der Waals surface area contributed by atoms with Crippen LogP contribution in [0.3, 0.4) is 0 Å². The van der Waals surface area contributed by atoms with Crippen LogP contribution in [0.1, 0.15) is 45.6 Å². The Kier molecular flexibility index (Phi) is 16.0. The summed E-state index contributed by atoms with van der Waals surface area (Å²) < 4.78 is 14.6. The van der Waals surface area contributed by atoms with E-state index in [0.717, 1.165) is 4.90 Å². The van der Waals surface area contributed by atoms with Crippen LogP contribution in [0.2, 0.25) is 0 Å². The lowest BCUT2D eigenvalue weighted by Gasteiger charge is -2.32. The van der Waals surface area contributed by atoms with Gasteiger partial charge < -0.3 is 73.3 Å². The Labute approximate surface area is 368 Å². The van der Waals surface area contributed by atoms with Crippen LogP contribution in [0.25, 0.3) is 10.9 Å². The number of benzene rings is 1. The van der Waals surface area contributed by atoms with Gasteiger partial charge in [-0.05, 0) is 23.6 Å². The minimum absolute atomic E-state index is 0.0800. The molecule has 11 atom stereocenters. The molecule has 5 rings (SSSR count). The van der Waals surface area contributed by atoms with Crippen molar-refractivity contribution in [2.24, 2.45) is 17.6 Å². The van der Waals surface area contributed by atoms with Crippen molar-refractivity contribution in [2.75, 3.05) is 32.0 Å². The maximum absolute atomic E-state index is 14.6. The van der Waals surface area contributed by atoms with Crippen molar-refractivity contribution in [3.63, 3.8) is 0 Å². The summed E-state index contributed by atoms with van der Waals surface area (Å²) in [6, 6.07) is -5.99. The van der Waals surface area contributed by atoms with E-state index >= 15 is 0 Å². The molecule has 3 aliphatic heterocycles. The number of carbonyl (C=O) groups is 9. The van der Waals surface area contributed by atoms with Crippen molar-refractivity contribution < 1.29 is 67.8 Å². The van der Waals surface area contributed by atoms with Crippen LogP contribution >= 0.6 is 0 Å². The largest absolute Gasteiger partial charge is 0.508 e. The van der Waals surface area contributed by atoms with Gasteiger partial charge in [0, 0.05) is 36.8 Å². The molecule has 0 unspecified atom stereocenters. The van der Waals surface area contributed by atoms with Crippen LogP contribution in [0.15, 0.2) is 23.2 Å². The molecule has 3 aliphatic rings. The van der Waals surface area contributed by atoms with Gasteiger partial charge in [0.25, 0.3) is 0 Å². The van der Waals surface area contributed by atoms with E-state index < -0.39 is 176 Å². The topological polar surface area (TPSA) is 381 Å². The lowest BCUT2D eigenvalue weighted by molar-refractivity contribution is -0.144. The number of phenolic OH excluding ortho intramolecular Hbond substituents is 1. The number of hydrogen-bond acceptors (Lipinski definition) is 14. The van der Waals surface area contributed by atoms with Gasteiger partial charge in [-0.2, -0.15) is 0 Å². The average molecular weight is 919 g/mol. The molecule has 1 saturated heterocycles. The second-order valence-electron chi connectivity index (χ2n) is 16.1. The maximum atomic E-state index is 14.6. The van der Waals surface area contributed by atoms with E-state index in [2.05, 4.69) is 42.2 Å². The van der Waals surface area contributed by atoms with E-state index in [0.29, 0.717) is 6.42 Å². The quantitative estimate of drug-likeness (QED) is 0.123. The zero-order valence-electron chi connectivity index (χ0n) is 35.2. The number of nitrogens with one attached hydrogen (secondary N) is 8. The Hall–Kier alpha value is -6.18. The Morgan fingerprint density at radius 1 is 0.875 bits per heavy atom. The van der Waals surface area contributed by atoms with Crippen LogP contribution in [-0.4, -0.2) is 168 Å². The molecule has 1 fully saturated rings. The van der Waals surface area contributed by atoms with E-state index in [4.69, 9.17) is 5.73 Å². The fourth-order valence-electron chi connectivity index (χ4n) is 7.70. The molecule has 0 spiro atoms. The van der Waals surface area contributed by atoms with Crippen molar-refractivity contribution in [3.05, 3.63) is 23.8 Å². The molecule has 64 heavy (non-hydrogen) atoms. The minimum Gasteiger partial charge on any atom is -0.508 e. The molecule has 1 aromatic carbocycles. The fraction of sp³-hybridized carbons (Fsp3) is 0.564. The highest BCUT2D eigenvalue weighted by atomic mass is 32.2. The summed E-state index contributed by atoms with van der Waals surface area (Å²) in [4.78, 5) is 127. The molecule has 9 amide bonds. The average Bonchev–Trinajstić information content (AvgIpc) is 3.82. The van der Waals surface area contributed by atoms with Gasteiger partial charge in [0.15, 0.2) is 0 Å². The highest BCUT2D eigenvalue weighted by Crippen LogP contribution is 2.30. The number of phenols is 1. The maximum Gasteiger partial charge on any atom is 0.246 e. The first kappa shape index (κ1) is 48.8. The zero-order valence-corrected chi connectivity index (χ0v) is 36.0. The summed E-state index contributed by atoms with van der Waals surface area (Å²) >= 11 is 0. The predicted octanol–water partition coefficient (Wildman–Crippen LogP) is -5.92. The Morgan fingerprint density at radius 2 is 1.55 bits per heavy atom. The molecule has 2 bridgehead atoms. The third kappa shape index (κ3) is 11.5. The summed E-state index contributed by atoms with van der Waals surface area (Å²) in [6.07, 6.45) is -4.42. The van der Waals surface area contributed by atoms with Gasteiger partial charge in [0.1, 0.15) is 47.0 Å². The molecule has 24 nitrogen and oxygen atoms in total. The van der Waals surface area contributed by atoms with Crippen LogP contribution in [0, 0.1) is 11.8 Å². The number of nitrogens with zero attached hydrogens (tertiary/aromatic N) is 1. The summed E-state index contributed by atoms with van der Waals surface area (Å²) in [5, 5.41) is 58.8. The molecule has 0 radical (unpaired) electrons. The SMILES string of the molecule is CC[C@H](C)[C@@H]1NC(=O)CNC(=O)[C@H]2Cc3c([nH]c4cc(O)ccc34)[S@](=O)C[C@@H](NC(=O)CNC1=O)C(=O)N[C@@H](CC(N)=O)C(=O)N1C[C@H](O)C[C@@H]1C(=O)N[C@@H]([C@H](C)[C@@H](O)CO)C(=O)N2. The van der Waals surface area contributed by atoms with Gasteiger partial charge in [-0.3, -0.25) is 47.4 Å². The standard InChI is InChI=1S/C39H54N10O14S/c1-4-16(2)31-36(60)42-11-29(55)43-25-15-64(63)38-21(20-6-5-18(51)7-22(20)46-38)9-23(33(57)41-12-30(56)47-31)44-37(61)32(17(3)27(53)14-50)48-35(59)26-8-19(52)13-49(26)39(62)24(10-28(40)54)45-34(25)58/h5-7,16-17,19,23-27,31-32,46,50-53H,4,8-15H2,1-3H3,(H2,40,54)(H,41,57)(H,42,60)(H,43,55)(H,44,61)(H,45,58)(H,47,56)(H,48,59)/t16-,17+,19+,23+,24-,25+,26+,27-,31-,32-,64+/m0/s1. The molecule has 25 heteroatoms. The summed E-state index contributed by atoms with van der Waals surface area (Å²) in [6.45, 7) is 1.76. The van der Waals surface area contributed by atoms with Gasteiger partial charge in [-0.15, -0.1) is 0 Å². The third-order valence-corrected chi connectivity index (χ3v) is 13.0. The first-order valence-corrected chi connectivity index (χ1v) is 21.9. The van der Waals surface area contributed by atoms with Crippen LogP contribution in [0.5, 0.6) is 5.75 Å². The number of hydrogen-bond donors (Lipinski definition) is 13. The first-order chi connectivity index (χ1) is 30.2. The predicted molar refractivity (Wildman–Crippen MR) is 222 cm³/mol. The number of fused-ring (bicyclic) bond motifs is 5. The lowest BCUT2D eigenvalue weighted by Crippen LogP contribution is -2.62. The smallest absolute Gasteiger partial charge is 0.246 e. The number of nitrogens with two attached hydrogens (primary N) is 1. The first-order valence-electron chi connectivity index (χ1n) is 20.6. The van der Waals surface area contributed by atoms with Crippen molar-refractivity contribution in [3.8, 4) is 5.75 Å². The summed E-state index contributed by atoms with van der Waals surface area (Å²) in [5.41, 5.74) is 5.73. The molecule has 4 heterocycles. The van der Waals surface area contributed by atoms with Gasteiger partial charge in [0.05, 0.1) is 60.4 Å². The number of carbonyl (C=O) groups excluding carboxylic acids is 9. The Balaban J connectivity index is 1.73. The summed E-state index contributed by atoms with van der Waals surface area (Å²) in [7, 11) is -2.38. The van der Waals surface area contributed by atoms with E-state index in [1.54, 1.807) is 13.8 Å².